The number of hydrogen-bond acceptors (Lipinski definition) is 1. The molecule has 17 heavy (non-hydrogen) atoms. The standard InChI is InChI=1S/C13H9F3O/c14-13(15,16)10-6-7-11(12(17)8-10)9-4-2-1-3-5-9/h1-8,17H. The van der Waals surface area contributed by atoms with Crippen LogP contribution >= 0.6 is 0 Å². The van der Waals surface area contributed by atoms with E-state index in [0.717, 1.165) is 12.1 Å². The first-order valence-electron chi connectivity index (χ1n) is 4.94. The molecular formula is C13H9F3O. The molecular weight excluding hydrogens is 229 g/mol. The van der Waals surface area contributed by atoms with Crippen LogP contribution in [0.3, 0.4) is 0 Å². The van der Waals surface area contributed by atoms with Gasteiger partial charge in [-0.1, -0.05) is 36.4 Å². The van der Waals surface area contributed by atoms with Gasteiger partial charge in [0, 0.05) is 5.56 Å². The molecule has 0 aliphatic carbocycles. The highest BCUT2D eigenvalue weighted by Crippen LogP contribution is 2.36. The molecule has 0 amide bonds. The molecule has 0 spiro atoms. The van der Waals surface area contributed by atoms with Crippen LogP contribution in [0.5, 0.6) is 5.75 Å². The summed E-state index contributed by atoms with van der Waals surface area (Å²) in [5.41, 5.74) is 0.215. The molecule has 0 atom stereocenters. The molecule has 88 valence electrons. The summed E-state index contributed by atoms with van der Waals surface area (Å²) in [4.78, 5) is 0. The Morgan fingerprint density at radius 1 is 0.882 bits per heavy atom. The molecule has 0 saturated carbocycles. The van der Waals surface area contributed by atoms with E-state index < -0.39 is 11.7 Å². The smallest absolute Gasteiger partial charge is 0.416 e. The van der Waals surface area contributed by atoms with Gasteiger partial charge >= 0.3 is 6.18 Å². The molecule has 2 rings (SSSR count). The number of rotatable bonds is 1. The van der Waals surface area contributed by atoms with E-state index in [4.69, 9.17) is 0 Å². The molecule has 2 aromatic rings. The van der Waals surface area contributed by atoms with Crippen LogP contribution in [-0.4, -0.2) is 5.11 Å². The van der Waals surface area contributed by atoms with Crippen LogP contribution in [0.25, 0.3) is 11.1 Å². The van der Waals surface area contributed by atoms with Gasteiger partial charge in [-0.05, 0) is 17.7 Å². The van der Waals surface area contributed by atoms with E-state index >= 15 is 0 Å². The van der Waals surface area contributed by atoms with E-state index in [9.17, 15) is 18.3 Å². The number of phenols is 1. The maximum atomic E-state index is 12.4. The fourth-order valence-corrected chi connectivity index (χ4v) is 1.57. The van der Waals surface area contributed by atoms with Crippen LogP contribution in [0.4, 0.5) is 13.2 Å². The highest BCUT2D eigenvalue weighted by molar-refractivity contribution is 5.70. The van der Waals surface area contributed by atoms with Gasteiger partial charge in [-0.2, -0.15) is 13.2 Å². The van der Waals surface area contributed by atoms with E-state index in [0.29, 0.717) is 11.1 Å². The van der Waals surface area contributed by atoms with Crippen molar-refractivity contribution in [1.82, 2.24) is 0 Å². The number of phenolic OH excluding ortho intramolecular Hbond substituents is 1. The molecule has 0 radical (unpaired) electrons. The second-order valence-electron chi connectivity index (χ2n) is 3.60. The Hall–Kier alpha value is -1.97. The lowest BCUT2D eigenvalue weighted by atomic mass is 10.0. The van der Waals surface area contributed by atoms with E-state index in [2.05, 4.69) is 0 Å². The summed E-state index contributed by atoms with van der Waals surface area (Å²) in [5.74, 6) is -0.369. The van der Waals surface area contributed by atoms with E-state index in [1.54, 1.807) is 30.3 Å². The minimum atomic E-state index is -4.44. The summed E-state index contributed by atoms with van der Waals surface area (Å²) in [6, 6.07) is 11.7. The number of benzene rings is 2. The van der Waals surface area contributed by atoms with Gasteiger partial charge in [0.1, 0.15) is 5.75 Å². The zero-order valence-electron chi connectivity index (χ0n) is 8.70. The Morgan fingerprint density at radius 3 is 2.06 bits per heavy atom. The Kier molecular flexibility index (Phi) is 2.79. The minimum absolute atomic E-state index is 0.369. The van der Waals surface area contributed by atoms with E-state index in [1.165, 1.54) is 6.07 Å². The van der Waals surface area contributed by atoms with Crippen molar-refractivity contribution in [2.24, 2.45) is 0 Å². The quantitative estimate of drug-likeness (QED) is 0.793. The predicted octanol–water partition coefficient (Wildman–Crippen LogP) is 4.08. The largest absolute Gasteiger partial charge is 0.507 e. The van der Waals surface area contributed by atoms with E-state index in [-0.39, 0.29) is 5.75 Å². The molecule has 0 aliphatic heterocycles. The van der Waals surface area contributed by atoms with Crippen molar-refractivity contribution in [2.45, 2.75) is 6.18 Å². The van der Waals surface area contributed by atoms with Crippen LogP contribution in [0, 0.1) is 0 Å². The topological polar surface area (TPSA) is 20.2 Å². The Morgan fingerprint density at radius 2 is 1.53 bits per heavy atom. The van der Waals surface area contributed by atoms with Crippen LogP contribution in [0.1, 0.15) is 5.56 Å². The third-order valence-corrected chi connectivity index (χ3v) is 2.41. The molecule has 1 nitrogen and oxygen atoms in total. The lowest BCUT2D eigenvalue weighted by molar-refractivity contribution is -0.137. The molecule has 2 aromatic carbocycles. The van der Waals surface area contributed by atoms with E-state index in [1.807, 2.05) is 0 Å². The molecule has 0 aliphatic rings. The Balaban J connectivity index is 2.46. The number of hydrogen-bond donors (Lipinski definition) is 1. The average Bonchev–Trinajstić information content (AvgIpc) is 2.29. The van der Waals surface area contributed by atoms with Crippen molar-refractivity contribution in [2.75, 3.05) is 0 Å². The normalized spacial score (nSPS) is 11.5. The number of halogens is 3. The average molecular weight is 238 g/mol. The zero-order valence-corrected chi connectivity index (χ0v) is 8.70. The van der Waals surface area contributed by atoms with Crippen molar-refractivity contribution >= 4 is 0 Å². The summed E-state index contributed by atoms with van der Waals surface area (Å²) < 4.78 is 37.2. The Bertz CT molecular complexity index is 518. The van der Waals surface area contributed by atoms with Crippen molar-refractivity contribution in [1.29, 1.82) is 0 Å². The monoisotopic (exact) mass is 238 g/mol. The van der Waals surface area contributed by atoms with Crippen molar-refractivity contribution in [3.05, 3.63) is 54.1 Å². The third-order valence-electron chi connectivity index (χ3n) is 2.41. The summed E-state index contributed by atoms with van der Waals surface area (Å²) in [6.07, 6.45) is -4.44. The summed E-state index contributed by atoms with van der Waals surface area (Å²) in [6.45, 7) is 0. The van der Waals surface area contributed by atoms with Crippen LogP contribution in [-0.2, 0) is 6.18 Å². The van der Waals surface area contributed by atoms with Gasteiger partial charge in [0.05, 0.1) is 5.56 Å². The second-order valence-corrected chi connectivity index (χ2v) is 3.60. The number of aromatic hydroxyl groups is 1. The van der Waals surface area contributed by atoms with Crippen LogP contribution < -0.4 is 0 Å². The first-order valence-corrected chi connectivity index (χ1v) is 4.94. The third kappa shape index (κ3) is 2.41. The predicted molar refractivity (Wildman–Crippen MR) is 58.5 cm³/mol. The molecule has 0 bridgehead atoms. The SMILES string of the molecule is Oc1cc(C(F)(F)F)ccc1-c1ccccc1. The first-order chi connectivity index (χ1) is 7.98. The molecule has 0 aromatic heterocycles. The van der Waals surface area contributed by atoms with Gasteiger partial charge in [0.15, 0.2) is 0 Å². The molecule has 0 unspecified atom stereocenters. The summed E-state index contributed by atoms with van der Waals surface area (Å²) in [5, 5.41) is 9.61. The summed E-state index contributed by atoms with van der Waals surface area (Å²) in [7, 11) is 0. The van der Waals surface area contributed by atoms with Gasteiger partial charge in [-0.3, -0.25) is 0 Å². The van der Waals surface area contributed by atoms with Gasteiger partial charge in [0.2, 0.25) is 0 Å². The lowest BCUT2D eigenvalue weighted by Crippen LogP contribution is -2.04. The maximum Gasteiger partial charge on any atom is 0.416 e. The van der Waals surface area contributed by atoms with Crippen LogP contribution in [0.2, 0.25) is 0 Å². The fraction of sp³-hybridized carbons (Fsp3) is 0.0769. The van der Waals surface area contributed by atoms with Gasteiger partial charge in [0.25, 0.3) is 0 Å². The van der Waals surface area contributed by atoms with Gasteiger partial charge in [-0.25, -0.2) is 0 Å². The zero-order chi connectivity index (χ0) is 12.5. The molecule has 0 saturated heterocycles. The summed E-state index contributed by atoms with van der Waals surface area (Å²) >= 11 is 0. The molecule has 4 heteroatoms. The first kappa shape index (κ1) is 11.5. The molecule has 0 fully saturated rings. The van der Waals surface area contributed by atoms with Crippen molar-refractivity contribution in [3.8, 4) is 16.9 Å². The second kappa shape index (κ2) is 4.13. The maximum absolute atomic E-state index is 12.4. The molecule has 1 N–H and O–H groups in total. The molecule has 0 heterocycles. The highest BCUT2D eigenvalue weighted by atomic mass is 19.4. The fourth-order valence-electron chi connectivity index (χ4n) is 1.57. The lowest BCUT2D eigenvalue weighted by Gasteiger charge is -2.10. The van der Waals surface area contributed by atoms with Crippen LogP contribution in [0.15, 0.2) is 48.5 Å². The number of alkyl halides is 3. The Labute approximate surface area is 96.1 Å². The minimum Gasteiger partial charge on any atom is -0.507 e. The van der Waals surface area contributed by atoms with Gasteiger partial charge in [-0.15, -0.1) is 0 Å². The highest BCUT2D eigenvalue weighted by Gasteiger charge is 2.31. The van der Waals surface area contributed by atoms with Crippen molar-refractivity contribution < 1.29 is 18.3 Å². The van der Waals surface area contributed by atoms with Gasteiger partial charge < -0.3 is 5.11 Å². The van der Waals surface area contributed by atoms with Crippen molar-refractivity contribution in [3.63, 3.8) is 0 Å².